The zero-order valence-corrected chi connectivity index (χ0v) is 13.6. The van der Waals surface area contributed by atoms with Crippen LogP contribution in [0.25, 0.3) is 5.82 Å². The van der Waals surface area contributed by atoms with Crippen LogP contribution in [0.5, 0.6) is 0 Å². The van der Waals surface area contributed by atoms with E-state index >= 15 is 0 Å². The van der Waals surface area contributed by atoms with Gasteiger partial charge in [-0.3, -0.25) is 0 Å². The molecule has 4 heteroatoms. The minimum atomic E-state index is 0.888. The first kappa shape index (κ1) is 15.7. The van der Waals surface area contributed by atoms with Gasteiger partial charge in [0.2, 0.25) is 0 Å². The van der Waals surface area contributed by atoms with Crippen LogP contribution in [0.2, 0.25) is 0 Å². The summed E-state index contributed by atoms with van der Waals surface area (Å²) in [7, 11) is 0. The summed E-state index contributed by atoms with van der Waals surface area (Å²) in [4.78, 5) is 4.77. The third kappa shape index (κ3) is 4.14. The number of pyridine rings is 1. The summed E-state index contributed by atoms with van der Waals surface area (Å²) in [6.07, 6.45) is 3.26. The number of nitrogens with zero attached hydrogens (tertiary/aromatic N) is 3. The Morgan fingerprint density at radius 3 is 2.52 bits per heavy atom. The Hall–Kier alpha value is -1.68. The van der Waals surface area contributed by atoms with Crippen LogP contribution < -0.4 is 5.32 Å². The van der Waals surface area contributed by atoms with Crippen molar-refractivity contribution in [2.24, 2.45) is 0 Å². The first-order chi connectivity index (χ1) is 10.1. The molecule has 2 heterocycles. The maximum absolute atomic E-state index is 4.77. The summed E-state index contributed by atoms with van der Waals surface area (Å²) >= 11 is 0. The Morgan fingerprint density at radius 2 is 1.90 bits per heavy atom. The molecule has 0 aliphatic heterocycles. The normalized spacial score (nSPS) is 11.0. The molecule has 0 unspecified atom stereocenters. The second kappa shape index (κ2) is 7.36. The van der Waals surface area contributed by atoms with Crippen LogP contribution in [0.1, 0.15) is 49.3 Å². The highest BCUT2D eigenvalue weighted by Crippen LogP contribution is 2.14. The quantitative estimate of drug-likeness (QED) is 0.794. The second-order valence-corrected chi connectivity index (χ2v) is 5.59. The van der Waals surface area contributed by atoms with Gasteiger partial charge >= 0.3 is 0 Å². The zero-order chi connectivity index (χ0) is 15.2. The molecule has 0 atom stereocenters. The number of hydrogen-bond donors (Lipinski definition) is 1. The summed E-state index contributed by atoms with van der Waals surface area (Å²) in [6, 6.07) is 6.44. The monoisotopic (exact) mass is 286 g/mol. The van der Waals surface area contributed by atoms with E-state index in [-0.39, 0.29) is 0 Å². The van der Waals surface area contributed by atoms with Crippen LogP contribution in [0.4, 0.5) is 0 Å². The van der Waals surface area contributed by atoms with Crippen molar-refractivity contribution in [2.75, 3.05) is 6.54 Å². The Labute approximate surface area is 127 Å². The molecule has 0 saturated carbocycles. The van der Waals surface area contributed by atoms with Crippen molar-refractivity contribution in [2.45, 2.75) is 53.5 Å². The fourth-order valence-electron chi connectivity index (χ4n) is 2.50. The molecule has 21 heavy (non-hydrogen) atoms. The Balaban J connectivity index is 2.32. The highest BCUT2D eigenvalue weighted by Gasteiger charge is 2.08. The summed E-state index contributed by atoms with van der Waals surface area (Å²) < 4.78 is 1.94. The molecular weight excluding hydrogens is 260 g/mol. The highest BCUT2D eigenvalue weighted by atomic mass is 15.3. The van der Waals surface area contributed by atoms with Crippen molar-refractivity contribution in [1.82, 2.24) is 20.1 Å². The molecule has 0 aliphatic carbocycles. The fourth-order valence-corrected chi connectivity index (χ4v) is 2.50. The van der Waals surface area contributed by atoms with Gasteiger partial charge in [-0.1, -0.05) is 20.3 Å². The van der Waals surface area contributed by atoms with E-state index in [2.05, 4.69) is 49.4 Å². The second-order valence-electron chi connectivity index (χ2n) is 5.59. The Morgan fingerprint density at radius 1 is 1.10 bits per heavy atom. The number of aryl methyl sites for hydroxylation is 3. The number of aromatic nitrogens is 3. The van der Waals surface area contributed by atoms with Crippen LogP contribution >= 0.6 is 0 Å². The van der Waals surface area contributed by atoms with Gasteiger partial charge in [0.1, 0.15) is 0 Å². The standard InChI is InChI=1S/C17H26N4/c1-5-7-16-10-15(12-18-8-6-2)11-17(19-16)21-14(4)9-13(3)20-21/h9-11,18H,5-8,12H2,1-4H3. The number of hydrogen-bond acceptors (Lipinski definition) is 3. The van der Waals surface area contributed by atoms with E-state index in [0.29, 0.717) is 0 Å². The van der Waals surface area contributed by atoms with Gasteiger partial charge in [0.25, 0.3) is 0 Å². The lowest BCUT2D eigenvalue weighted by molar-refractivity contribution is 0.671. The lowest BCUT2D eigenvalue weighted by atomic mass is 10.1. The van der Waals surface area contributed by atoms with E-state index in [9.17, 15) is 0 Å². The lowest BCUT2D eigenvalue weighted by Crippen LogP contribution is -2.15. The maximum Gasteiger partial charge on any atom is 0.154 e. The molecule has 114 valence electrons. The van der Waals surface area contributed by atoms with Gasteiger partial charge in [0.15, 0.2) is 5.82 Å². The molecule has 4 nitrogen and oxygen atoms in total. The van der Waals surface area contributed by atoms with Crippen LogP contribution in [0.3, 0.4) is 0 Å². The van der Waals surface area contributed by atoms with Crippen molar-refractivity contribution in [1.29, 1.82) is 0 Å². The topological polar surface area (TPSA) is 42.7 Å². The minimum absolute atomic E-state index is 0.888. The molecule has 0 saturated heterocycles. The van der Waals surface area contributed by atoms with Crippen molar-refractivity contribution in [3.05, 3.63) is 40.8 Å². The van der Waals surface area contributed by atoms with E-state index in [0.717, 1.165) is 55.3 Å². The zero-order valence-electron chi connectivity index (χ0n) is 13.6. The molecule has 0 aliphatic rings. The molecule has 0 aromatic carbocycles. The molecular formula is C17H26N4. The third-order valence-electron chi connectivity index (χ3n) is 3.41. The molecule has 2 aromatic heterocycles. The number of rotatable bonds is 7. The predicted octanol–water partition coefficient (Wildman–Crippen LogP) is 3.34. The van der Waals surface area contributed by atoms with E-state index in [4.69, 9.17) is 4.98 Å². The highest BCUT2D eigenvalue weighted by molar-refractivity contribution is 5.32. The third-order valence-corrected chi connectivity index (χ3v) is 3.41. The largest absolute Gasteiger partial charge is 0.313 e. The van der Waals surface area contributed by atoms with Crippen LogP contribution in [0.15, 0.2) is 18.2 Å². The van der Waals surface area contributed by atoms with E-state index < -0.39 is 0 Å². The molecule has 2 rings (SSSR count). The van der Waals surface area contributed by atoms with Crippen molar-refractivity contribution in [3.8, 4) is 5.82 Å². The fraction of sp³-hybridized carbons (Fsp3) is 0.529. The number of nitrogens with one attached hydrogen (secondary N) is 1. The van der Waals surface area contributed by atoms with Gasteiger partial charge in [-0.15, -0.1) is 0 Å². The molecule has 1 N–H and O–H groups in total. The van der Waals surface area contributed by atoms with E-state index in [1.165, 1.54) is 5.56 Å². The van der Waals surface area contributed by atoms with Crippen LogP contribution in [-0.4, -0.2) is 21.3 Å². The SMILES string of the molecule is CCCNCc1cc(CCC)nc(-n2nc(C)cc2C)c1. The Kier molecular flexibility index (Phi) is 5.51. The van der Waals surface area contributed by atoms with Crippen LogP contribution in [0, 0.1) is 13.8 Å². The van der Waals surface area contributed by atoms with Gasteiger partial charge in [-0.25, -0.2) is 9.67 Å². The summed E-state index contributed by atoms with van der Waals surface area (Å²) in [5.74, 6) is 0.930. The van der Waals surface area contributed by atoms with Gasteiger partial charge in [-0.05, 0) is 57.0 Å². The van der Waals surface area contributed by atoms with Crippen molar-refractivity contribution >= 4 is 0 Å². The summed E-state index contributed by atoms with van der Waals surface area (Å²) in [6.45, 7) is 10.4. The van der Waals surface area contributed by atoms with Gasteiger partial charge in [0, 0.05) is 17.9 Å². The maximum atomic E-state index is 4.77. The summed E-state index contributed by atoms with van der Waals surface area (Å²) in [5, 5.41) is 8.01. The lowest BCUT2D eigenvalue weighted by Gasteiger charge is -2.10. The Bertz CT molecular complexity index is 586. The molecule has 0 bridgehead atoms. The van der Waals surface area contributed by atoms with Crippen LogP contribution in [-0.2, 0) is 13.0 Å². The minimum Gasteiger partial charge on any atom is -0.313 e. The average Bonchev–Trinajstić information content (AvgIpc) is 2.78. The van der Waals surface area contributed by atoms with Gasteiger partial charge in [0.05, 0.1) is 5.69 Å². The molecule has 2 aromatic rings. The summed E-state index contributed by atoms with van der Waals surface area (Å²) in [5.41, 5.74) is 4.59. The molecule has 0 radical (unpaired) electrons. The first-order valence-corrected chi connectivity index (χ1v) is 7.88. The van der Waals surface area contributed by atoms with Gasteiger partial charge < -0.3 is 5.32 Å². The van der Waals surface area contributed by atoms with Crippen molar-refractivity contribution < 1.29 is 0 Å². The van der Waals surface area contributed by atoms with Crippen molar-refractivity contribution in [3.63, 3.8) is 0 Å². The van der Waals surface area contributed by atoms with E-state index in [1.807, 2.05) is 11.6 Å². The first-order valence-electron chi connectivity index (χ1n) is 7.88. The molecule has 0 amide bonds. The predicted molar refractivity (Wildman–Crippen MR) is 86.8 cm³/mol. The van der Waals surface area contributed by atoms with E-state index in [1.54, 1.807) is 0 Å². The van der Waals surface area contributed by atoms with Gasteiger partial charge in [-0.2, -0.15) is 5.10 Å². The smallest absolute Gasteiger partial charge is 0.154 e. The molecule has 0 spiro atoms. The molecule has 0 fully saturated rings. The average molecular weight is 286 g/mol.